The minimum absolute atomic E-state index is 0.0495. The van der Waals surface area contributed by atoms with E-state index in [1.807, 2.05) is 55.5 Å². The normalized spacial score (nSPS) is 17.3. The second kappa shape index (κ2) is 7.83. The molecule has 3 rings (SSSR count). The number of benzene rings is 2. The predicted octanol–water partition coefficient (Wildman–Crippen LogP) is 3.39. The van der Waals surface area contributed by atoms with Crippen LogP contribution in [0.4, 0.5) is 0 Å². The first-order chi connectivity index (χ1) is 12.5. The van der Waals surface area contributed by atoms with Crippen molar-refractivity contribution in [2.45, 2.75) is 29.5 Å². The zero-order valence-corrected chi connectivity index (χ0v) is 15.5. The number of aliphatic carboxylic acids is 1. The van der Waals surface area contributed by atoms with Crippen LogP contribution in [0.1, 0.15) is 24.0 Å². The highest BCUT2D eigenvalue weighted by atomic mass is 32.2. The molecule has 0 fully saturated rings. The van der Waals surface area contributed by atoms with E-state index < -0.39 is 11.9 Å². The van der Waals surface area contributed by atoms with Gasteiger partial charge in [0, 0.05) is 18.0 Å². The Bertz CT molecular complexity index is 806. The summed E-state index contributed by atoms with van der Waals surface area (Å²) >= 11 is 1.46. The van der Waals surface area contributed by atoms with Crippen LogP contribution in [0.3, 0.4) is 0 Å². The largest absolute Gasteiger partial charge is 0.497 e. The van der Waals surface area contributed by atoms with Gasteiger partial charge in [-0.05, 0) is 42.3 Å². The first kappa shape index (κ1) is 18.3. The summed E-state index contributed by atoms with van der Waals surface area (Å²) in [5.74, 6) is -0.857. The van der Waals surface area contributed by atoms with Gasteiger partial charge in [0.25, 0.3) is 0 Å². The average Bonchev–Trinajstić information content (AvgIpc) is 2.66. The van der Waals surface area contributed by atoms with Crippen LogP contribution in [0.2, 0.25) is 0 Å². The second-order valence-corrected chi connectivity index (χ2v) is 7.66. The summed E-state index contributed by atoms with van der Waals surface area (Å²) in [6.45, 7) is 2.51. The minimum atomic E-state index is -0.898. The molecule has 2 aromatic carbocycles. The number of carbonyl (C=O) groups is 2. The van der Waals surface area contributed by atoms with E-state index in [2.05, 4.69) is 0 Å². The molecule has 0 saturated heterocycles. The van der Waals surface area contributed by atoms with Crippen molar-refractivity contribution in [3.05, 3.63) is 59.7 Å². The van der Waals surface area contributed by atoms with Gasteiger partial charge in [0.1, 0.15) is 5.75 Å². The molecule has 0 saturated carbocycles. The molecule has 0 aliphatic carbocycles. The van der Waals surface area contributed by atoms with Crippen molar-refractivity contribution in [1.29, 1.82) is 0 Å². The molecule has 5 nitrogen and oxygen atoms in total. The fourth-order valence-electron chi connectivity index (χ4n) is 3.15. The number of hydrogen-bond donors (Lipinski definition) is 1. The van der Waals surface area contributed by atoms with Gasteiger partial charge >= 0.3 is 5.97 Å². The van der Waals surface area contributed by atoms with Crippen LogP contribution < -0.4 is 4.74 Å². The van der Waals surface area contributed by atoms with Crippen molar-refractivity contribution in [2.24, 2.45) is 0 Å². The number of amides is 1. The number of carboxylic acids is 1. The highest BCUT2D eigenvalue weighted by molar-refractivity contribution is 8.00. The van der Waals surface area contributed by atoms with Gasteiger partial charge in [-0.2, -0.15) is 0 Å². The summed E-state index contributed by atoms with van der Waals surface area (Å²) < 4.78 is 5.14. The summed E-state index contributed by atoms with van der Waals surface area (Å²) in [7, 11) is 1.61. The molecule has 1 aliphatic rings. The molecule has 1 amide bonds. The summed E-state index contributed by atoms with van der Waals surface area (Å²) in [6, 6.07) is 15.0. The fraction of sp³-hybridized carbons (Fsp3) is 0.300. The third kappa shape index (κ3) is 3.85. The van der Waals surface area contributed by atoms with Crippen molar-refractivity contribution in [2.75, 3.05) is 13.7 Å². The Labute approximate surface area is 157 Å². The van der Waals surface area contributed by atoms with Crippen molar-refractivity contribution in [3.8, 4) is 5.75 Å². The lowest BCUT2D eigenvalue weighted by Crippen LogP contribution is -2.43. The Hall–Kier alpha value is -2.47. The van der Waals surface area contributed by atoms with E-state index in [4.69, 9.17) is 4.74 Å². The van der Waals surface area contributed by atoms with Crippen LogP contribution in [-0.4, -0.2) is 40.8 Å². The van der Waals surface area contributed by atoms with Gasteiger partial charge in [0.05, 0.1) is 18.3 Å². The summed E-state index contributed by atoms with van der Waals surface area (Å²) in [6.07, 6.45) is 0. The van der Waals surface area contributed by atoms with Crippen LogP contribution >= 0.6 is 11.8 Å². The smallest absolute Gasteiger partial charge is 0.312 e. The Morgan fingerprint density at radius 2 is 1.88 bits per heavy atom. The van der Waals surface area contributed by atoms with Gasteiger partial charge in [-0.3, -0.25) is 9.59 Å². The molecule has 2 aromatic rings. The Morgan fingerprint density at radius 1 is 1.19 bits per heavy atom. The second-order valence-electron chi connectivity index (χ2n) is 6.24. The van der Waals surface area contributed by atoms with Crippen molar-refractivity contribution in [3.63, 3.8) is 0 Å². The molecule has 0 radical (unpaired) electrons. The highest BCUT2D eigenvalue weighted by Crippen LogP contribution is 2.31. The van der Waals surface area contributed by atoms with E-state index >= 15 is 0 Å². The summed E-state index contributed by atoms with van der Waals surface area (Å²) in [4.78, 5) is 27.2. The Morgan fingerprint density at radius 3 is 2.54 bits per heavy atom. The van der Waals surface area contributed by atoms with E-state index in [0.29, 0.717) is 6.54 Å². The third-order valence-electron chi connectivity index (χ3n) is 4.52. The van der Waals surface area contributed by atoms with Gasteiger partial charge in [-0.25, -0.2) is 0 Å². The highest BCUT2D eigenvalue weighted by Gasteiger charge is 2.34. The topological polar surface area (TPSA) is 66.8 Å². The van der Waals surface area contributed by atoms with Gasteiger partial charge in [0.2, 0.25) is 5.91 Å². The summed E-state index contributed by atoms with van der Waals surface area (Å²) in [5.41, 5.74) is 1.71. The Balaban J connectivity index is 1.73. The molecule has 0 bridgehead atoms. The number of thioether (sulfide) groups is 1. The van der Waals surface area contributed by atoms with Gasteiger partial charge in [-0.1, -0.05) is 24.3 Å². The van der Waals surface area contributed by atoms with Crippen molar-refractivity contribution in [1.82, 2.24) is 4.90 Å². The van der Waals surface area contributed by atoms with Gasteiger partial charge < -0.3 is 14.7 Å². The Kier molecular flexibility index (Phi) is 5.52. The van der Waals surface area contributed by atoms with Gasteiger partial charge in [0.15, 0.2) is 0 Å². The SMILES string of the molecule is COc1ccc(SC(C)C(=O)N2Cc3ccccc3C(C(=O)O)C2)cc1. The first-order valence-electron chi connectivity index (χ1n) is 8.39. The standard InChI is InChI=1S/C20H21NO4S/c1-13(26-16-9-7-15(25-2)8-10-16)19(22)21-11-14-5-3-4-6-17(14)18(12-21)20(23)24/h3-10,13,18H,11-12H2,1-2H3,(H,23,24). The number of rotatable bonds is 5. The molecule has 1 heterocycles. The number of ether oxygens (including phenoxy) is 1. The number of hydrogen-bond acceptors (Lipinski definition) is 4. The zero-order valence-electron chi connectivity index (χ0n) is 14.7. The lowest BCUT2D eigenvalue weighted by atomic mass is 9.89. The number of nitrogens with zero attached hydrogens (tertiary/aromatic N) is 1. The number of carbonyl (C=O) groups excluding carboxylic acids is 1. The fourth-order valence-corrected chi connectivity index (χ4v) is 4.10. The minimum Gasteiger partial charge on any atom is -0.497 e. The maximum atomic E-state index is 12.9. The average molecular weight is 371 g/mol. The molecular formula is C20H21NO4S. The summed E-state index contributed by atoms with van der Waals surface area (Å²) in [5, 5.41) is 9.25. The lowest BCUT2D eigenvalue weighted by Gasteiger charge is -2.34. The molecule has 1 N–H and O–H groups in total. The third-order valence-corrected chi connectivity index (χ3v) is 5.62. The maximum absolute atomic E-state index is 12.9. The lowest BCUT2D eigenvalue weighted by molar-refractivity contribution is -0.141. The molecule has 136 valence electrons. The molecule has 6 heteroatoms. The number of fused-ring (bicyclic) bond motifs is 1. The van der Waals surface area contributed by atoms with E-state index in [0.717, 1.165) is 21.8 Å². The molecule has 2 atom stereocenters. The maximum Gasteiger partial charge on any atom is 0.312 e. The molecule has 26 heavy (non-hydrogen) atoms. The molecule has 0 aromatic heterocycles. The van der Waals surface area contributed by atoms with Crippen LogP contribution in [0, 0.1) is 0 Å². The van der Waals surface area contributed by atoms with E-state index in [-0.39, 0.29) is 17.7 Å². The van der Waals surface area contributed by atoms with Crippen molar-refractivity contribution < 1.29 is 19.4 Å². The van der Waals surface area contributed by atoms with Crippen LogP contribution in [0.25, 0.3) is 0 Å². The number of carboxylic acid groups (broad SMARTS) is 1. The molecule has 2 unspecified atom stereocenters. The first-order valence-corrected chi connectivity index (χ1v) is 9.27. The predicted molar refractivity (Wildman–Crippen MR) is 101 cm³/mol. The van der Waals surface area contributed by atoms with E-state index in [1.165, 1.54) is 11.8 Å². The van der Waals surface area contributed by atoms with E-state index in [1.54, 1.807) is 12.0 Å². The molecule has 0 spiro atoms. The van der Waals surface area contributed by atoms with Crippen LogP contribution in [-0.2, 0) is 16.1 Å². The van der Waals surface area contributed by atoms with Crippen LogP contribution in [0.15, 0.2) is 53.4 Å². The number of methoxy groups -OCH3 is 1. The molecular weight excluding hydrogens is 350 g/mol. The van der Waals surface area contributed by atoms with E-state index in [9.17, 15) is 14.7 Å². The molecule has 1 aliphatic heterocycles. The quantitative estimate of drug-likeness (QED) is 0.816. The van der Waals surface area contributed by atoms with Crippen LogP contribution in [0.5, 0.6) is 5.75 Å². The monoisotopic (exact) mass is 371 g/mol. The van der Waals surface area contributed by atoms with Gasteiger partial charge in [-0.15, -0.1) is 11.8 Å². The zero-order chi connectivity index (χ0) is 18.7. The van der Waals surface area contributed by atoms with Crippen molar-refractivity contribution >= 4 is 23.6 Å².